The average molecular weight is 137 g/mol. The van der Waals surface area contributed by atoms with Crippen molar-refractivity contribution in [2.24, 2.45) is 0 Å². The highest BCUT2D eigenvalue weighted by Crippen LogP contribution is 1.74. The summed E-state index contributed by atoms with van der Waals surface area (Å²) in [6.07, 6.45) is -0.806. The van der Waals surface area contributed by atoms with Gasteiger partial charge in [0.1, 0.15) is 6.42 Å². The van der Waals surface area contributed by atoms with Crippen molar-refractivity contribution in [1.29, 1.82) is 0 Å². The lowest BCUT2D eigenvalue weighted by molar-refractivity contribution is -0.247. The van der Waals surface area contributed by atoms with Crippen LogP contribution in [0.15, 0.2) is 0 Å². The zero-order valence-corrected chi connectivity index (χ0v) is 4.27. The van der Waals surface area contributed by atoms with E-state index in [9.17, 15) is 9.59 Å². The fourth-order valence-corrected chi connectivity index (χ4v) is 0.129. The van der Waals surface area contributed by atoms with Gasteiger partial charge in [0.2, 0.25) is 0 Å². The van der Waals surface area contributed by atoms with Gasteiger partial charge in [-0.25, -0.2) is 5.26 Å². The first kappa shape index (κ1) is 10.8. The zero-order chi connectivity index (χ0) is 7.86. The molecule has 0 saturated heterocycles. The van der Waals surface area contributed by atoms with E-state index in [-0.39, 0.29) is 0 Å². The van der Waals surface area contributed by atoms with Gasteiger partial charge in [0.05, 0.1) is 0 Å². The number of carboxylic acids is 2. The third kappa shape index (κ3) is 19.8. The molecule has 0 unspecified atom stereocenters. The van der Waals surface area contributed by atoms with E-state index < -0.39 is 18.4 Å². The van der Waals surface area contributed by atoms with Gasteiger partial charge in [-0.1, -0.05) is 0 Å². The van der Waals surface area contributed by atoms with E-state index in [0.29, 0.717) is 0 Å². The molecule has 9 heavy (non-hydrogen) atoms. The van der Waals surface area contributed by atoms with Crippen LogP contribution in [-0.2, 0) is 14.8 Å². The number of rotatable bonds is 2. The van der Waals surface area contributed by atoms with E-state index in [0.717, 1.165) is 0 Å². The normalized spacial score (nSPS) is 6.89. The Morgan fingerprint density at radius 1 is 1.00 bits per heavy atom. The highest BCUT2D eigenvalue weighted by atomic mass is 17.0. The molecule has 0 aromatic carbocycles. The topological polar surface area (TPSA) is 115 Å². The Morgan fingerprint density at radius 3 is 1.22 bits per heavy atom. The maximum atomic E-state index is 9.43. The van der Waals surface area contributed by atoms with Crippen molar-refractivity contribution < 1.29 is 30.3 Å². The summed E-state index contributed by atoms with van der Waals surface area (Å²) in [5, 5.41) is 28.4. The lowest BCUT2D eigenvalue weighted by atomic mass is 10.5. The zero-order valence-electron chi connectivity index (χ0n) is 4.27. The Labute approximate surface area is 49.9 Å². The summed E-state index contributed by atoms with van der Waals surface area (Å²) in [7, 11) is 0. The molecule has 0 aromatic heterocycles. The molecule has 0 aliphatic rings. The van der Waals surface area contributed by atoms with Crippen molar-refractivity contribution in [2.45, 2.75) is 6.42 Å². The van der Waals surface area contributed by atoms with Gasteiger partial charge in [0.15, 0.2) is 0 Å². The molecule has 6 nitrogen and oxygen atoms in total. The van der Waals surface area contributed by atoms with Crippen molar-refractivity contribution in [3.63, 3.8) is 0 Å². The molecule has 0 bridgehead atoms. The highest BCUT2D eigenvalue weighted by molar-refractivity contribution is 5.88. The number of hydrogen-bond donors (Lipinski definition) is 3. The van der Waals surface area contributed by atoms with Crippen LogP contribution >= 0.6 is 0 Å². The Hall–Kier alpha value is -1.14. The molecule has 0 amide bonds. The molecule has 0 saturated carbocycles. The van der Waals surface area contributed by atoms with E-state index in [4.69, 9.17) is 20.7 Å². The van der Waals surface area contributed by atoms with Gasteiger partial charge in [0, 0.05) is 0 Å². The molecule has 0 aliphatic carbocycles. The van der Waals surface area contributed by atoms with Crippen molar-refractivity contribution >= 4 is 11.9 Å². The summed E-state index contributed by atoms with van der Waals surface area (Å²) in [5.74, 6) is -2.62. The van der Waals surface area contributed by atoms with E-state index in [2.05, 4.69) is 0 Å². The Kier molecular flexibility index (Phi) is 8.21. The summed E-state index contributed by atoms with van der Waals surface area (Å²) in [5.41, 5.74) is 0. The molecule has 53 valence electrons. The van der Waals surface area contributed by atoms with Gasteiger partial charge in [-0.3, -0.25) is 9.59 Å². The van der Waals surface area contributed by atoms with Crippen LogP contribution in [0.4, 0.5) is 0 Å². The summed E-state index contributed by atoms with van der Waals surface area (Å²) >= 11 is 0. The molecule has 0 atom stereocenters. The van der Waals surface area contributed by atoms with Crippen LogP contribution in [0.1, 0.15) is 6.42 Å². The molecule has 0 spiro atoms. The second kappa shape index (κ2) is 6.86. The van der Waals surface area contributed by atoms with Gasteiger partial charge in [-0.15, -0.1) is 0 Å². The molecule has 0 aromatic rings. The predicted molar refractivity (Wildman–Crippen MR) is 23.2 cm³/mol. The number of aliphatic carboxylic acids is 2. The highest BCUT2D eigenvalue weighted by Gasteiger charge is 2.01. The first-order valence-corrected chi connectivity index (χ1v) is 1.75. The quantitative estimate of drug-likeness (QED) is 0.268. The van der Waals surface area contributed by atoms with Crippen LogP contribution < -0.4 is 0 Å². The summed E-state index contributed by atoms with van der Waals surface area (Å²) in [6, 6.07) is 0. The molecule has 0 rings (SSSR count). The van der Waals surface area contributed by atoms with Crippen LogP contribution in [0.3, 0.4) is 0 Å². The standard InChI is InChI=1S/C3H4O4.HO2/c4-2(5)1-3(6)7;1-2/h1H2,(H,4,5)(H,6,7);1H. The minimum Gasteiger partial charge on any atom is -0.481 e. The number of hydrogen-bond acceptors (Lipinski definition) is 3. The summed E-state index contributed by atoms with van der Waals surface area (Å²) in [4.78, 5) is 18.9. The van der Waals surface area contributed by atoms with Gasteiger partial charge in [-0.2, -0.15) is 0 Å². The lowest BCUT2D eigenvalue weighted by Gasteiger charge is -1.80. The average Bonchev–Trinajstić information content (AvgIpc) is 1.68. The third-order valence-electron chi connectivity index (χ3n) is 0.302. The van der Waals surface area contributed by atoms with E-state index in [1.165, 1.54) is 0 Å². The minimum absolute atomic E-state index is 0.806. The Bertz CT molecular complexity index is 84.5. The molecule has 6 heteroatoms. The van der Waals surface area contributed by atoms with Crippen LogP contribution in [0.2, 0.25) is 0 Å². The van der Waals surface area contributed by atoms with Crippen molar-refractivity contribution in [2.75, 3.05) is 0 Å². The largest absolute Gasteiger partial charge is 0.481 e. The maximum absolute atomic E-state index is 9.43. The molecule has 0 heterocycles. The van der Waals surface area contributed by atoms with E-state index in [1.54, 1.807) is 0 Å². The lowest BCUT2D eigenvalue weighted by Crippen LogP contribution is -2.03. The van der Waals surface area contributed by atoms with Crippen LogP contribution in [0, 0.1) is 0 Å². The number of carbonyl (C=O) groups is 2. The predicted octanol–water partition coefficient (Wildman–Crippen LogP) is -0.564. The van der Waals surface area contributed by atoms with Gasteiger partial charge < -0.3 is 10.2 Å². The molecule has 0 fully saturated rings. The fraction of sp³-hybridized carbons (Fsp3) is 0.333. The molecule has 3 N–H and O–H groups in total. The van der Waals surface area contributed by atoms with Crippen LogP contribution in [-0.4, -0.2) is 27.4 Å². The summed E-state index contributed by atoms with van der Waals surface area (Å²) < 4.78 is 0. The molecular formula is C3H5O6. The van der Waals surface area contributed by atoms with Gasteiger partial charge in [-0.05, 0) is 5.26 Å². The van der Waals surface area contributed by atoms with E-state index >= 15 is 0 Å². The Balaban J connectivity index is 0. The second-order valence-electron chi connectivity index (χ2n) is 0.964. The number of carboxylic acid groups (broad SMARTS) is 2. The SMILES string of the molecule is O=C(O)CC(=O)O.[O]O. The van der Waals surface area contributed by atoms with Crippen molar-refractivity contribution in [3.05, 3.63) is 0 Å². The molecular weight excluding hydrogens is 132 g/mol. The van der Waals surface area contributed by atoms with Gasteiger partial charge in [0.25, 0.3) is 0 Å². The summed E-state index contributed by atoms with van der Waals surface area (Å²) in [6.45, 7) is 0. The molecule has 0 aliphatic heterocycles. The fourth-order valence-electron chi connectivity index (χ4n) is 0.129. The second-order valence-corrected chi connectivity index (χ2v) is 0.964. The maximum Gasteiger partial charge on any atom is 0.314 e. The monoisotopic (exact) mass is 137 g/mol. The molecule has 1 radical (unpaired) electrons. The third-order valence-corrected chi connectivity index (χ3v) is 0.302. The first-order valence-electron chi connectivity index (χ1n) is 1.75. The smallest absolute Gasteiger partial charge is 0.314 e. The van der Waals surface area contributed by atoms with Gasteiger partial charge >= 0.3 is 11.9 Å². The van der Waals surface area contributed by atoms with Crippen LogP contribution in [0.5, 0.6) is 0 Å². The van der Waals surface area contributed by atoms with Crippen molar-refractivity contribution in [1.82, 2.24) is 0 Å². The Morgan fingerprint density at radius 2 is 1.22 bits per heavy atom. The van der Waals surface area contributed by atoms with Crippen LogP contribution in [0.25, 0.3) is 0 Å². The van der Waals surface area contributed by atoms with E-state index in [1.807, 2.05) is 0 Å². The first-order chi connectivity index (χ1) is 4.13. The van der Waals surface area contributed by atoms with Crippen molar-refractivity contribution in [3.8, 4) is 0 Å². The minimum atomic E-state index is -1.31.